The maximum Gasteiger partial charge on any atom is 0.407 e. The average molecular weight is 463 g/mol. The van der Waals surface area contributed by atoms with Crippen molar-refractivity contribution in [2.45, 2.75) is 50.5 Å². The molecule has 34 heavy (non-hydrogen) atoms. The van der Waals surface area contributed by atoms with E-state index in [4.69, 9.17) is 4.74 Å². The monoisotopic (exact) mass is 462 g/mol. The van der Waals surface area contributed by atoms with Gasteiger partial charge in [0.1, 0.15) is 6.61 Å². The van der Waals surface area contributed by atoms with Crippen LogP contribution in [0.25, 0.3) is 11.1 Å². The summed E-state index contributed by atoms with van der Waals surface area (Å²) in [5.41, 5.74) is 3.84. The summed E-state index contributed by atoms with van der Waals surface area (Å²) in [4.78, 5) is 37.0. The number of rotatable bonds is 7. The summed E-state index contributed by atoms with van der Waals surface area (Å²) < 4.78 is 5.67. The predicted molar refractivity (Wildman–Crippen MR) is 126 cm³/mol. The van der Waals surface area contributed by atoms with E-state index in [0.29, 0.717) is 25.7 Å². The number of carbonyl (C=O) groups is 3. The normalized spacial score (nSPS) is 22.2. The van der Waals surface area contributed by atoms with Crippen LogP contribution in [0.2, 0.25) is 0 Å². The molecule has 2 unspecified atom stereocenters. The van der Waals surface area contributed by atoms with E-state index in [2.05, 4.69) is 34.9 Å². The lowest BCUT2D eigenvalue weighted by atomic mass is 9.83. The minimum atomic E-state index is -0.857. The maximum absolute atomic E-state index is 12.8. The number of alkyl carbamates (subject to hydrolysis) is 1. The topological polar surface area (TPSA) is 105 Å². The Hall–Kier alpha value is -3.35. The molecule has 0 bridgehead atoms. The van der Waals surface area contributed by atoms with E-state index in [-0.39, 0.29) is 36.9 Å². The van der Waals surface area contributed by atoms with Gasteiger partial charge in [-0.15, -0.1) is 0 Å². The fraction of sp³-hybridized carbons (Fsp3) is 0.444. The SMILES string of the molecule is O=C(NC1CCCCC1C(=O)NCC1(C(=O)O)CC1)OCC1c2ccccc2-c2ccccc21. The third-order valence-electron chi connectivity index (χ3n) is 7.66. The molecule has 0 spiro atoms. The summed E-state index contributed by atoms with van der Waals surface area (Å²) in [5.74, 6) is -1.44. The van der Waals surface area contributed by atoms with Crippen LogP contribution in [0.3, 0.4) is 0 Å². The lowest BCUT2D eigenvalue weighted by molar-refractivity contribution is -0.143. The number of carbonyl (C=O) groups excluding carboxylic acids is 2. The lowest BCUT2D eigenvalue weighted by Crippen LogP contribution is -2.49. The van der Waals surface area contributed by atoms with Gasteiger partial charge >= 0.3 is 12.1 Å². The zero-order chi connectivity index (χ0) is 23.7. The molecule has 2 aromatic rings. The Bertz CT molecular complexity index is 1060. The molecule has 7 heteroatoms. The molecular formula is C27H30N2O5. The third-order valence-corrected chi connectivity index (χ3v) is 7.66. The summed E-state index contributed by atoms with van der Waals surface area (Å²) in [6.07, 6.45) is 3.87. The Kier molecular flexibility index (Phi) is 6.02. The number of benzene rings is 2. The zero-order valence-electron chi connectivity index (χ0n) is 19.1. The Balaban J connectivity index is 1.19. The van der Waals surface area contributed by atoms with Gasteiger partial charge in [-0.2, -0.15) is 0 Å². The molecule has 0 radical (unpaired) electrons. The minimum Gasteiger partial charge on any atom is -0.481 e. The first kappa shape index (κ1) is 22.4. The summed E-state index contributed by atoms with van der Waals surface area (Å²) >= 11 is 0. The summed E-state index contributed by atoms with van der Waals surface area (Å²) in [6, 6.07) is 16.1. The Morgan fingerprint density at radius 2 is 1.56 bits per heavy atom. The standard InChI is InChI=1S/C27H30N2O5/c30-24(28-16-27(13-14-27)25(31)32)21-11-5-6-12-23(21)29-26(33)34-15-22-19-9-3-1-7-17(19)18-8-2-4-10-20(18)22/h1-4,7-10,21-23H,5-6,11-16H2,(H,28,30)(H,29,33)(H,31,32). The summed E-state index contributed by atoms with van der Waals surface area (Å²) in [5, 5.41) is 15.1. The molecule has 5 rings (SSSR count). The van der Waals surface area contributed by atoms with Crippen molar-refractivity contribution in [3.63, 3.8) is 0 Å². The highest BCUT2D eigenvalue weighted by Crippen LogP contribution is 2.45. The first-order valence-electron chi connectivity index (χ1n) is 12.1. The maximum atomic E-state index is 12.8. The molecule has 0 aromatic heterocycles. The Morgan fingerprint density at radius 1 is 0.941 bits per heavy atom. The highest BCUT2D eigenvalue weighted by Gasteiger charge is 2.50. The molecule has 0 aliphatic heterocycles. The van der Waals surface area contributed by atoms with Crippen LogP contribution in [0.4, 0.5) is 4.79 Å². The van der Waals surface area contributed by atoms with Gasteiger partial charge in [0, 0.05) is 18.5 Å². The number of hydrogen-bond donors (Lipinski definition) is 3. The van der Waals surface area contributed by atoms with Crippen molar-refractivity contribution < 1.29 is 24.2 Å². The number of carboxylic acids is 1. The van der Waals surface area contributed by atoms with Crippen molar-refractivity contribution in [3.8, 4) is 11.1 Å². The van der Waals surface area contributed by atoms with E-state index in [1.54, 1.807) is 0 Å². The molecule has 3 aliphatic carbocycles. The second-order valence-corrected chi connectivity index (χ2v) is 9.77. The van der Waals surface area contributed by atoms with Gasteiger partial charge in [-0.1, -0.05) is 61.4 Å². The molecule has 0 saturated heterocycles. The van der Waals surface area contributed by atoms with Crippen LogP contribution in [0.5, 0.6) is 0 Å². The Labute approximate surface area is 198 Å². The number of hydrogen-bond acceptors (Lipinski definition) is 4. The number of carboxylic acid groups (broad SMARTS) is 1. The van der Waals surface area contributed by atoms with E-state index < -0.39 is 17.5 Å². The van der Waals surface area contributed by atoms with Crippen molar-refractivity contribution in [3.05, 3.63) is 59.7 Å². The number of ether oxygens (including phenoxy) is 1. The van der Waals surface area contributed by atoms with E-state index in [9.17, 15) is 19.5 Å². The molecule has 178 valence electrons. The van der Waals surface area contributed by atoms with Crippen LogP contribution < -0.4 is 10.6 Å². The van der Waals surface area contributed by atoms with Crippen molar-refractivity contribution in [1.29, 1.82) is 0 Å². The van der Waals surface area contributed by atoms with Crippen LogP contribution in [0.1, 0.15) is 55.6 Å². The Morgan fingerprint density at radius 3 is 2.18 bits per heavy atom. The van der Waals surface area contributed by atoms with Crippen LogP contribution in [-0.4, -0.2) is 42.3 Å². The molecule has 2 saturated carbocycles. The number of amides is 2. The van der Waals surface area contributed by atoms with E-state index in [1.165, 1.54) is 11.1 Å². The first-order valence-corrected chi connectivity index (χ1v) is 12.1. The lowest BCUT2D eigenvalue weighted by Gasteiger charge is -2.31. The molecule has 2 fully saturated rings. The van der Waals surface area contributed by atoms with Crippen molar-refractivity contribution in [1.82, 2.24) is 10.6 Å². The second-order valence-electron chi connectivity index (χ2n) is 9.77. The van der Waals surface area contributed by atoms with Crippen molar-refractivity contribution >= 4 is 18.0 Å². The van der Waals surface area contributed by atoms with E-state index >= 15 is 0 Å². The zero-order valence-corrected chi connectivity index (χ0v) is 19.1. The van der Waals surface area contributed by atoms with Crippen LogP contribution >= 0.6 is 0 Å². The van der Waals surface area contributed by atoms with Gasteiger partial charge < -0.3 is 20.5 Å². The first-order chi connectivity index (χ1) is 16.5. The van der Waals surface area contributed by atoms with Gasteiger partial charge in [0.15, 0.2) is 0 Å². The van der Waals surface area contributed by atoms with Gasteiger partial charge in [0.2, 0.25) is 5.91 Å². The number of aliphatic carboxylic acids is 1. The molecule has 3 aliphatic rings. The highest BCUT2D eigenvalue weighted by atomic mass is 16.5. The van der Waals surface area contributed by atoms with Gasteiger partial charge in [-0.05, 0) is 47.9 Å². The number of fused-ring (bicyclic) bond motifs is 3. The van der Waals surface area contributed by atoms with Crippen LogP contribution in [0, 0.1) is 11.3 Å². The van der Waals surface area contributed by atoms with Gasteiger partial charge in [-0.3, -0.25) is 9.59 Å². The van der Waals surface area contributed by atoms with E-state index in [1.807, 2.05) is 24.3 Å². The quantitative estimate of drug-likeness (QED) is 0.576. The minimum absolute atomic E-state index is 0.0191. The summed E-state index contributed by atoms with van der Waals surface area (Å²) in [7, 11) is 0. The van der Waals surface area contributed by atoms with Crippen molar-refractivity contribution in [2.75, 3.05) is 13.2 Å². The molecule has 7 nitrogen and oxygen atoms in total. The van der Waals surface area contributed by atoms with Gasteiger partial charge in [0.25, 0.3) is 0 Å². The predicted octanol–water partition coefficient (Wildman–Crippen LogP) is 4.06. The highest BCUT2D eigenvalue weighted by molar-refractivity contribution is 5.83. The molecular weight excluding hydrogens is 432 g/mol. The molecule has 2 atom stereocenters. The largest absolute Gasteiger partial charge is 0.481 e. The average Bonchev–Trinajstić information content (AvgIpc) is 3.59. The van der Waals surface area contributed by atoms with Gasteiger partial charge in [-0.25, -0.2) is 4.79 Å². The molecule has 0 heterocycles. The number of nitrogens with one attached hydrogen (secondary N) is 2. The molecule has 2 aromatic carbocycles. The summed E-state index contributed by atoms with van der Waals surface area (Å²) in [6.45, 7) is 0.375. The fourth-order valence-electron chi connectivity index (χ4n) is 5.41. The smallest absolute Gasteiger partial charge is 0.407 e. The fourth-order valence-corrected chi connectivity index (χ4v) is 5.41. The van der Waals surface area contributed by atoms with Crippen molar-refractivity contribution in [2.24, 2.45) is 11.3 Å². The van der Waals surface area contributed by atoms with Crippen LogP contribution in [-0.2, 0) is 14.3 Å². The second kappa shape index (κ2) is 9.12. The molecule has 2 amide bonds. The third kappa shape index (κ3) is 4.27. The van der Waals surface area contributed by atoms with Gasteiger partial charge in [0.05, 0.1) is 11.3 Å². The molecule has 3 N–H and O–H groups in total. The van der Waals surface area contributed by atoms with Crippen LogP contribution in [0.15, 0.2) is 48.5 Å². The van der Waals surface area contributed by atoms with E-state index in [0.717, 1.165) is 24.0 Å².